The standard InChI is InChI=1S/C28H34N4O5S/c1-21(22-9-5-4-6-10-22)30-38(34,35)27-19-23(29-28(33)20-36-2)13-14-25(27)32-17-15-31(16-18-32)24-11-7-8-12-26(24)37-3/h4-14,19,21,30H,15-18,20H2,1-3H3,(H,29,33)/t21-/m0/s1. The molecule has 0 aromatic heterocycles. The third-order valence-corrected chi connectivity index (χ3v) is 8.06. The number of ether oxygens (including phenoxy) is 2. The van der Waals surface area contributed by atoms with Crippen molar-refractivity contribution in [2.45, 2.75) is 17.9 Å². The molecule has 4 rings (SSSR count). The normalized spacial score (nSPS) is 14.7. The van der Waals surface area contributed by atoms with E-state index in [1.54, 1.807) is 19.2 Å². The van der Waals surface area contributed by atoms with Gasteiger partial charge in [-0.25, -0.2) is 13.1 Å². The van der Waals surface area contributed by atoms with Gasteiger partial charge < -0.3 is 24.6 Å². The summed E-state index contributed by atoms with van der Waals surface area (Å²) in [5.74, 6) is 0.444. The molecule has 1 amide bonds. The number of methoxy groups -OCH3 is 2. The number of para-hydroxylation sites is 2. The Kier molecular flexibility index (Phi) is 8.88. The predicted octanol–water partition coefficient (Wildman–Crippen LogP) is 3.65. The van der Waals surface area contributed by atoms with Gasteiger partial charge in [0.15, 0.2) is 0 Å². The Hall–Kier alpha value is -3.60. The van der Waals surface area contributed by atoms with Gasteiger partial charge >= 0.3 is 0 Å². The second-order valence-corrected chi connectivity index (χ2v) is 10.7. The average molecular weight is 539 g/mol. The fourth-order valence-corrected chi connectivity index (χ4v) is 6.06. The van der Waals surface area contributed by atoms with Crippen molar-refractivity contribution >= 4 is 33.0 Å². The number of nitrogens with one attached hydrogen (secondary N) is 2. The third kappa shape index (κ3) is 6.45. The highest BCUT2D eigenvalue weighted by Gasteiger charge is 2.28. The first-order chi connectivity index (χ1) is 18.3. The van der Waals surface area contributed by atoms with Gasteiger partial charge in [-0.3, -0.25) is 4.79 Å². The van der Waals surface area contributed by atoms with Crippen molar-refractivity contribution in [1.82, 2.24) is 4.72 Å². The zero-order valence-corrected chi connectivity index (χ0v) is 22.7. The fraction of sp³-hybridized carbons (Fsp3) is 0.321. The first-order valence-electron chi connectivity index (χ1n) is 12.5. The Bertz CT molecular complexity index is 1340. The number of benzene rings is 3. The molecule has 0 unspecified atom stereocenters. The number of amides is 1. The number of hydrogen-bond acceptors (Lipinski definition) is 7. The molecule has 1 fully saturated rings. The van der Waals surface area contributed by atoms with Gasteiger partial charge in [-0.15, -0.1) is 0 Å². The summed E-state index contributed by atoms with van der Waals surface area (Å²) in [5.41, 5.74) is 2.84. The molecule has 10 heteroatoms. The molecule has 1 atom stereocenters. The summed E-state index contributed by atoms with van der Waals surface area (Å²) in [4.78, 5) is 16.5. The van der Waals surface area contributed by atoms with Crippen molar-refractivity contribution in [2.75, 3.05) is 62.1 Å². The van der Waals surface area contributed by atoms with Crippen molar-refractivity contribution in [2.24, 2.45) is 0 Å². The van der Waals surface area contributed by atoms with Crippen LogP contribution in [0.5, 0.6) is 5.75 Å². The Morgan fingerprint density at radius 1 is 0.895 bits per heavy atom. The zero-order chi connectivity index (χ0) is 27.1. The van der Waals surface area contributed by atoms with Gasteiger partial charge in [-0.2, -0.15) is 0 Å². The molecule has 1 aliphatic rings. The van der Waals surface area contributed by atoms with E-state index >= 15 is 0 Å². The number of nitrogens with zero attached hydrogens (tertiary/aromatic N) is 2. The topological polar surface area (TPSA) is 100 Å². The summed E-state index contributed by atoms with van der Waals surface area (Å²) < 4.78 is 40.6. The minimum atomic E-state index is -3.94. The lowest BCUT2D eigenvalue weighted by Gasteiger charge is -2.38. The molecule has 1 aliphatic heterocycles. The lowest BCUT2D eigenvalue weighted by molar-refractivity contribution is -0.119. The Balaban J connectivity index is 1.61. The molecule has 0 radical (unpaired) electrons. The summed E-state index contributed by atoms with van der Waals surface area (Å²) in [6.07, 6.45) is 0. The highest BCUT2D eigenvalue weighted by molar-refractivity contribution is 7.89. The number of anilines is 3. The summed E-state index contributed by atoms with van der Waals surface area (Å²) in [6, 6.07) is 21.8. The van der Waals surface area contributed by atoms with Crippen molar-refractivity contribution in [3.63, 3.8) is 0 Å². The number of carbonyl (C=O) groups excluding carboxylic acids is 1. The van der Waals surface area contributed by atoms with Crippen LogP contribution < -0.4 is 24.6 Å². The van der Waals surface area contributed by atoms with E-state index < -0.39 is 16.1 Å². The second kappa shape index (κ2) is 12.3. The summed E-state index contributed by atoms with van der Waals surface area (Å²) in [6.45, 7) is 4.30. The maximum Gasteiger partial charge on any atom is 0.250 e. The molecule has 9 nitrogen and oxygen atoms in total. The summed E-state index contributed by atoms with van der Waals surface area (Å²) >= 11 is 0. The van der Waals surface area contributed by atoms with Gasteiger partial charge in [0, 0.05) is 45.0 Å². The van der Waals surface area contributed by atoms with Gasteiger partial charge in [-0.1, -0.05) is 42.5 Å². The molecule has 38 heavy (non-hydrogen) atoms. The quantitative estimate of drug-likeness (QED) is 0.407. The van der Waals surface area contributed by atoms with Crippen molar-refractivity contribution < 1.29 is 22.7 Å². The second-order valence-electron chi connectivity index (χ2n) is 9.06. The van der Waals surface area contributed by atoms with Gasteiger partial charge in [-0.05, 0) is 42.8 Å². The van der Waals surface area contributed by atoms with E-state index in [-0.39, 0.29) is 17.4 Å². The molecule has 0 spiro atoms. The van der Waals surface area contributed by atoms with Crippen molar-refractivity contribution in [3.05, 3.63) is 78.4 Å². The molecule has 0 bridgehead atoms. The van der Waals surface area contributed by atoms with Crippen LogP contribution in [0.25, 0.3) is 0 Å². The molecular weight excluding hydrogens is 504 g/mol. The van der Waals surface area contributed by atoms with E-state index in [0.717, 1.165) is 17.0 Å². The summed E-state index contributed by atoms with van der Waals surface area (Å²) in [7, 11) is -0.858. The van der Waals surface area contributed by atoms with E-state index in [1.807, 2.05) is 61.5 Å². The summed E-state index contributed by atoms with van der Waals surface area (Å²) in [5, 5.41) is 2.71. The minimum Gasteiger partial charge on any atom is -0.495 e. The fourth-order valence-electron chi connectivity index (χ4n) is 4.58. The first kappa shape index (κ1) is 27.4. The molecule has 202 valence electrons. The molecule has 0 saturated carbocycles. The number of carbonyl (C=O) groups is 1. The lowest BCUT2D eigenvalue weighted by atomic mass is 10.1. The molecular formula is C28H34N4O5S. The van der Waals surface area contributed by atoms with E-state index in [2.05, 4.69) is 19.8 Å². The molecule has 1 saturated heterocycles. The third-order valence-electron chi connectivity index (χ3n) is 6.49. The molecule has 1 heterocycles. The zero-order valence-electron chi connectivity index (χ0n) is 21.9. The van der Waals surface area contributed by atoms with Gasteiger partial charge in [0.2, 0.25) is 15.9 Å². The maximum absolute atomic E-state index is 13.7. The SMILES string of the molecule is COCC(=O)Nc1ccc(N2CCN(c3ccccc3OC)CC2)c(S(=O)(=O)N[C@@H](C)c2ccccc2)c1. The van der Waals surface area contributed by atoms with Crippen molar-refractivity contribution in [1.29, 1.82) is 0 Å². The van der Waals surface area contributed by atoms with E-state index in [9.17, 15) is 13.2 Å². The van der Waals surface area contributed by atoms with Crippen LogP contribution in [-0.2, 0) is 19.6 Å². The van der Waals surface area contributed by atoms with E-state index in [0.29, 0.717) is 37.6 Å². The van der Waals surface area contributed by atoms with Crippen LogP contribution in [0.2, 0.25) is 0 Å². The van der Waals surface area contributed by atoms with Crippen LogP contribution in [0.4, 0.5) is 17.1 Å². The van der Waals surface area contributed by atoms with E-state index in [1.165, 1.54) is 13.2 Å². The Morgan fingerprint density at radius 2 is 1.53 bits per heavy atom. The van der Waals surface area contributed by atoms with Crippen LogP contribution in [0.15, 0.2) is 77.7 Å². The van der Waals surface area contributed by atoms with Crippen LogP contribution >= 0.6 is 0 Å². The molecule has 3 aromatic rings. The molecule has 3 aromatic carbocycles. The highest BCUT2D eigenvalue weighted by Crippen LogP contribution is 2.33. The lowest BCUT2D eigenvalue weighted by Crippen LogP contribution is -2.47. The largest absolute Gasteiger partial charge is 0.495 e. The van der Waals surface area contributed by atoms with Crippen molar-refractivity contribution in [3.8, 4) is 5.75 Å². The first-order valence-corrected chi connectivity index (χ1v) is 13.9. The van der Waals surface area contributed by atoms with Crippen LogP contribution in [0.3, 0.4) is 0 Å². The van der Waals surface area contributed by atoms with Crippen LogP contribution in [0.1, 0.15) is 18.5 Å². The number of rotatable bonds is 10. The average Bonchev–Trinajstić information content (AvgIpc) is 2.93. The predicted molar refractivity (Wildman–Crippen MR) is 150 cm³/mol. The molecule has 2 N–H and O–H groups in total. The minimum absolute atomic E-state index is 0.112. The number of hydrogen-bond donors (Lipinski definition) is 2. The maximum atomic E-state index is 13.7. The van der Waals surface area contributed by atoms with Crippen LogP contribution in [-0.4, -0.2) is 61.3 Å². The number of sulfonamides is 1. The Labute approximate surface area is 224 Å². The van der Waals surface area contributed by atoms with Gasteiger partial charge in [0.25, 0.3) is 0 Å². The van der Waals surface area contributed by atoms with Crippen LogP contribution in [0, 0.1) is 0 Å². The van der Waals surface area contributed by atoms with E-state index in [4.69, 9.17) is 9.47 Å². The Morgan fingerprint density at radius 3 is 2.18 bits per heavy atom. The van der Waals surface area contributed by atoms with Gasteiger partial charge in [0.1, 0.15) is 17.3 Å². The number of piperazine rings is 1. The smallest absolute Gasteiger partial charge is 0.250 e. The molecule has 0 aliphatic carbocycles. The monoisotopic (exact) mass is 538 g/mol. The van der Waals surface area contributed by atoms with Gasteiger partial charge in [0.05, 0.1) is 18.5 Å². The highest BCUT2D eigenvalue weighted by atomic mass is 32.2.